The maximum Gasteiger partial charge on any atom is 0.143 e. The molecule has 0 saturated carbocycles. The molecule has 2 rings (SSSR count). The summed E-state index contributed by atoms with van der Waals surface area (Å²) in [6.07, 6.45) is 1.87. The summed E-state index contributed by atoms with van der Waals surface area (Å²) < 4.78 is 1.09. The van der Waals surface area contributed by atoms with E-state index in [1.54, 1.807) is 0 Å². The quantitative estimate of drug-likeness (QED) is 0.825. The summed E-state index contributed by atoms with van der Waals surface area (Å²) in [5, 5.41) is 0. The molecule has 2 aromatic rings. The van der Waals surface area contributed by atoms with Crippen LogP contribution in [0.15, 0.2) is 41.0 Å². The van der Waals surface area contributed by atoms with Gasteiger partial charge in [-0.25, -0.2) is 4.98 Å². The van der Waals surface area contributed by atoms with E-state index < -0.39 is 0 Å². The second-order valence-corrected chi connectivity index (χ2v) is 5.50. The highest BCUT2D eigenvalue weighted by Crippen LogP contribution is 2.28. The minimum atomic E-state index is 0.887. The predicted octanol–water partition coefficient (Wildman–Crippen LogP) is 4.49. The molecule has 2 nitrogen and oxygen atoms in total. The largest absolute Gasteiger partial charge is 0.352 e. The van der Waals surface area contributed by atoms with Crippen LogP contribution in [0.1, 0.15) is 23.6 Å². The maximum absolute atomic E-state index is 4.52. The fourth-order valence-corrected chi connectivity index (χ4v) is 2.56. The lowest BCUT2D eigenvalue weighted by molar-refractivity contribution is 0.805. The van der Waals surface area contributed by atoms with E-state index in [1.165, 1.54) is 16.7 Å². The molecule has 0 aliphatic heterocycles. The van der Waals surface area contributed by atoms with E-state index >= 15 is 0 Å². The van der Waals surface area contributed by atoms with Gasteiger partial charge >= 0.3 is 0 Å². The van der Waals surface area contributed by atoms with Crippen molar-refractivity contribution in [2.45, 2.75) is 27.3 Å². The zero-order valence-electron chi connectivity index (χ0n) is 11.7. The molecule has 0 N–H and O–H groups in total. The number of aromatic nitrogens is 1. The van der Waals surface area contributed by atoms with Crippen molar-refractivity contribution >= 4 is 21.7 Å². The van der Waals surface area contributed by atoms with Crippen LogP contribution >= 0.6 is 15.9 Å². The van der Waals surface area contributed by atoms with Gasteiger partial charge in [0.25, 0.3) is 0 Å². The Labute approximate surface area is 123 Å². The number of halogens is 1. The van der Waals surface area contributed by atoms with Crippen LogP contribution in [0, 0.1) is 13.8 Å². The van der Waals surface area contributed by atoms with Gasteiger partial charge in [0, 0.05) is 19.3 Å². The van der Waals surface area contributed by atoms with Crippen LogP contribution in [0.25, 0.3) is 0 Å². The van der Waals surface area contributed by atoms with E-state index in [9.17, 15) is 0 Å². The first-order valence-corrected chi connectivity index (χ1v) is 7.33. The summed E-state index contributed by atoms with van der Waals surface area (Å²) in [4.78, 5) is 6.81. The second-order valence-electron chi connectivity index (χ2n) is 4.71. The monoisotopic (exact) mass is 318 g/mol. The lowest BCUT2D eigenvalue weighted by Crippen LogP contribution is -2.24. The van der Waals surface area contributed by atoms with Crippen LogP contribution in [-0.2, 0) is 6.54 Å². The van der Waals surface area contributed by atoms with Gasteiger partial charge in [-0.05, 0) is 59.5 Å². The molecule has 0 aliphatic carbocycles. The van der Waals surface area contributed by atoms with Crippen molar-refractivity contribution in [1.29, 1.82) is 0 Å². The first kappa shape index (κ1) is 14.1. The van der Waals surface area contributed by atoms with Crippen molar-refractivity contribution in [2.75, 3.05) is 11.4 Å². The molecule has 1 aromatic heterocycles. The molecule has 0 atom stereocenters. The van der Waals surface area contributed by atoms with Gasteiger partial charge < -0.3 is 4.90 Å². The third kappa shape index (κ3) is 3.16. The Kier molecular flexibility index (Phi) is 4.59. The van der Waals surface area contributed by atoms with Crippen LogP contribution in [0.4, 0.5) is 5.82 Å². The van der Waals surface area contributed by atoms with E-state index in [-0.39, 0.29) is 0 Å². The van der Waals surface area contributed by atoms with Crippen LogP contribution in [-0.4, -0.2) is 11.5 Å². The topological polar surface area (TPSA) is 16.1 Å². The molecule has 19 heavy (non-hydrogen) atoms. The zero-order valence-corrected chi connectivity index (χ0v) is 13.2. The molecule has 0 spiro atoms. The van der Waals surface area contributed by atoms with Gasteiger partial charge in [0.15, 0.2) is 0 Å². The fraction of sp³-hybridized carbons (Fsp3) is 0.312. The van der Waals surface area contributed by atoms with Crippen LogP contribution in [0.3, 0.4) is 0 Å². The summed E-state index contributed by atoms with van der Waals surface area (Å²) in [5.74, 6) is 1.02. The molecule has 0 unspecified atom stereocenters. The molecule has 1 aromatic carbocycles. The normalized spacial score (nSPS) is 10.5. The maximum atomic E-state index is 4.52. The van der Waals surface area contributed by atoms with Crippen LogP contribution in [0.5, 0.6) is 0 Å². The Morgan fingerprint density at radius 3 is 2.53 bits per heavy atom. The molecular formula is C16H19BrN2. The Morgan fingerprint density at radius 2 is 1.84 bits per heavy atom. The number of nitrogens with zero attached hydrogens (tertiary/aromatic N) is 2. The molecular weight excluding hydrogens is 300 g/mol. The van der Waals surface area contributed by atoms with Crippen molar-refractivity contribution in [1.82, 2.24) is 4.98 Å². The first-order chi connectivity index (χ1) is 9.13. The average Bonchev–Trinajstić information content (AvgIpc) is 2.41. The molecule has 0 amide bonds. The number of anilines is 1. The predicted molar refractivity (Wildman–Crippen MR) is 84.6 cm³/mol. The molecule has 3 heteroatoms. The van der Waals surface area contributed by atoms with Gasteiger partial charge in [-0.1, -0.05) is 24.3 Å². The number of rotatable bonds is 4. The van der Waals surface area contributed by atoms with Gasteiger partial charge in [-0.15, -0.1) is 0 Å². The van der Waals surface area contributed by atoms with E-state index in [2.05, 4.69) is 70.9 Å². The number of aryl methyl sites for hydroxylation is 2. The second kappa shape index (κ2) is 6.20. The third-order valence-corrected chi connectivity index (χ3v) is 4.35. The standard InChI is InChI=1S/C16H19BrN2/c1-4-19(11-14-8-6-5-7-12(14)2)16-15(17)13(3)9-10-18-16/h5-10H,4,11H2,1-3H3. The molecule has 0 bridgehead atoms. The number of hydrogen-bond acceptors (Lipinski definition) is 2. The number of pyridine rings is 1. The van der Waals surface area contributed by atoms with E-state index in [1.807, 2.05) is 12.3 Å². The average molecular weight is 319 g/mol. The van der Waals surface area contributed by atoms with Gasteiger partial charge in [0.1, 0.15) is 5.82 Å². The third-order valence-electron chi connectivity index (χ3n) is 3.37. The molecule has 0 saturated heterocycles. The highest BCUT2D eigenvalue weighted by Gasteiger charge is 2.12. The molecule has 100 valence electrons. The van der Waals surface area contributed by atoms with Crippen molar-refractivity contribution in [3.8, 4) is 0 Å². The molecule has 1 heterocycles. The summed E-state index contributed by atoms with van der Waals surface area (Å²) >= 11 is 3.65. The fourth-order valence-electron chi connectivity index (χ4n) is 2.08. The smallest absolute Gasteiger partial charge is 0.143 e. The SMILES string of the molecule is CCN(Cc1ccccc1C)c1nccc(C)c1Br. The van der Waals surface area contributed by atoms with Crippen LogP contribution < -0.4 is 4.90 Å². The van der Waals surface area contributed by atoms with Crippen molar-refractivity contribution in [3.05, 3.63) is 57.7 Å². The van der Waals surface area contributed by atoms with Crippen molar-refractivity contribution < 1.29 is 0 Å². The lowest BCUT2D eigenvalue weighted by Gasteiger charge is -2.24. The van der Waals surface area contributed by atoms with Gasteiger partial charge in [0.05, 0.1) is 4.47 Å². The number of hydrogen-bond donors (Lipinski definition) is 0. The summed E-state index contributed by atoms with van der Waals surface area (Å²) in [7, 11) is 0. The molecule has 0 aliphatic rings. The van der Waals surface area contributed by atoms with E-state index in [0.717, 1.165) is 23.4 Å². The van der Waals surface area contributed by atoms with E-state index in [0.29, 0.717) is 0 Å². The Morgan fingerprint density at radius 1 is 1.11 bits per heavy atom. The van der Waals surface area contributed by atoms with Gasteiger partial charge in [-0.2, -0.15) is 0 Å². The van der Waals surface area contributed by atoms with E-state index in [4.69, 9.17) is 0 Å². The Bertz CT molecular complexity index is 566. The van der Waals surface area contributed by atoms with Gasteiger partial charge in [-0.3, -0.25) is 0 Å². The first-order valence-electron chi connectivity index (χ1n) is 6.54. The summed E-state index contributed by atoms with van der Waals surface area (Å²) in [6, 6.07) is 10.5. The van der Waals surface area contributed by atoms with Crippen molar-refractivity contribution in [2.24, 2.45) is 0 Å². The van der Waals surface area contributed by atoms with Crippen molar-refractivity contribution in [3.63, 3.8) is 0 Å². The van der Waals surface area contributed by atoms with Crippen LogP contribution in [0.2, 0.25) is 0 Å². The Balaban J connectivity index is 2.31. The highest BCUT2D eigenvalue weighted by molar-refractivity contribution is 9.10. The molecule has 0 fully saturated rings. The lowest BCUT2D eigenvalue weighted by atomic mass is 10.1. The Hall–Kier alpha value is -1.35. The molecule has 0 radical (unpaired) electrons. The number of benzene rings is 1. The zero-order chi connectivity index (χ0) is 13.8. The summed E-state index contributed by atoms with van der Waals surface area (Å²) in [6.45, 7) is 8.23. The minimum Gasteiger partial charge on any atom is -0.352 e. The minimum absolute atomic E-state index is 0.887. The van der Waals surface area contributed by atoms with Gasteiger partial charge in [0.2, 0.25) is 0 Å². The summed E-state index contributed by atoms with van der Waals surface area (Å²) in [5.41, 5.74) is 3.89. The highest BCUT2D eigenvalue weighted by atomic mass is 79.9.